The van der Waals surface area contributed by atoms with Gasteiger partial charge >= 0.3 is 5.97 Å². The summed E-state index contributed by atoms with van der Waals surface area (Å²) in [5, 5.41) is 31.7. The Morgan fingerprint density at radius 3 is 2.47 bits per heavy atom. The van der Waals surface area contributed by atoms with Crippen LogP contribution in [0.5, 0.6) is 0 Å². The maximum atomic E-state index is 12.4. The molecule has 0 spiro atoms. The molecule has 3 saturated carbocycles. The van der Waals surface area contributed by atoms with Crippen molar-refractivity contribution in [1.29, 1.82) is 0 Å². The number of fused-ring (bicyclic) bond motifs is 5. The van der Waals surface area contributed by atoms with Crippen LogP contribution in [0, 0.1) is 28.6 Å². The van der Waals surface area contributed by atoms with E-state index in [2.05, 4.69) is 13.8 Å². The molecule has 4 aliphatic rings. The molecule has 3 fully saturated rings. The minimum Gasteiger partial charge on any atom is -0.466 e. The van der Waals surface area contributed by atoms with Crippen LogP contribution in [0.4, 0.5) is 0 Å². The van der Waals surface area contributed by atoms with Crippen molar-refractivity contribution in [2.75, 3.05) is 13.2 Å². The van der Waals surface area contributed by atoms with Crippen molar-refractivity contribution in [2.45, 2.75) is 110 Å². The van der Waals surface area contributed by atoms with E-state index in [0.717, 1.165) is 38.5 Å². The molecule has 204 valence electrons. The van der Waals surface area contributed by atoms with Crippen LogP contribution in [0.25, 0.3) is 0 Å². The van der Waals surface area contributed by atoms with Gasteiger partial charge in [0.1, 0.15) is 12.2 Å². The van der Waals surface area contributed by atoms with Gasteiger partial charge in [0, 0.05) is 18.3 Å². The number of Topliss-reactive ketones (excluding diaryl/α,β-unsaturated/α-hetero) is 1. The molecule has 7 nitrogen and oxygen atoms in total. The lowest BCUT2D eigenvalue weighted by Gasteiger charge is -2.60. The number of carbonyl (C=O) groups excluding carboxylic acids is 3. The highest BCUT2D eigenvalue weighted by atomic mass is 16.5. The monoisotopic (exact) mass is 506 g/mol. The van der Waals surface area contributed by atoms with E-state index in [1.807, 2.05) is 13.8 Å². The fourth-order valence-corrected chi connectivity index (χ4v) is 7.92. The molecule has 0 radical (unpaired) electrons. The minimum absolute atomic E-state index is 0.0697. The molecule has 0 amide bonds. The number of ether oxygens (including phenoxy) is 1. The molecule has 7 atom stereocenters. The summed E-state index contributed by atoms with van der Waals surface area (Å²) < 4.78 is 4.85. The number of carbonyl (C=O) groups is 3. The Kier molecular flexibility index (Phi) is 9.22. The molecule has 7 heteroatoms. The number of aliphatic hydroxyl groups excluding tert-OH is 2. The highest BCUT2D eigenvalue weighted by Gasteiger charge is 2.68. The topological polar surface area (TPSA) is 121 Å². The van der Waals surface area contributed by atoms with Gasteiger partial charge in [0.05, 0.1) is 12.7 Å². The highest BCUT2D eigenvalue weighted by molar-refractivity contribution is 5.91. The number of ketones is 2. The van der Waals surface area contributed by atoms with Crippen molar-refractivity contribution >= 4 is 17.5 Å². The molecule has 0 aromatic rings. The summed E-state index contributed by atoms with van der Waals surface area (Å²) in [5.74, 6) is 0.0530. The molecule has 0 aromatic carbocycles. The Hall–Kier alpha value is -1.57. The van der Waals surface area contributed by atoms with Crippen LogP contribution in [-0.2, 0) is 19.1 Å². The number of hydrogen-bond acceptors (Lipinski definition) is 7. The molecule has 4 rings (SSSR count). The standard InChI is InChI=1S/C21H30O5.C8H16O2/c1-19-7-5-13(23)9-12(19)3-4-14-15-6-8-21(26,17(25)11-22)20(15,2)10-16(24)18(14)19;1-3-5-6-7-10-8(9)4-2/h9,14-16,18,22,24,26H,3-8,10-11H2,1-2H3;3-7H2,1-2H3/t14-,15-,16-,18+,19-,20-,21-;/m0./s1. The lowest BCUT2D eigenvalue weighted by Crippen LogP contribution is -2.62. The molecule has 0 bridgehead atoms. The fraction of sp³-hybridized carbons (Fsp3) is 0.828. The number of esters is 1. The third kappa shape index (κ3) is 5.08. The summed E-state index contributed by atoms with van der Waals surface area (Å²) in [6, 6.07) is 0. The molecule has 0 saturated heterocycles. The summed E-state index contributed by atoms with van der Waals surface area (Å²) in [4.78, 5) is 34.8. The normalized spacial score (nSPS) is 39.1. The van der Waals surface area contributed by atoms with Crippen molar-refractivity contribution < 1.29 is 34.4 Å². The van der Waals surface area contributed by atoms with Crippen LogP contribution in [0.1, 0.15) is 98.3 Å². The van der Waals surface area contributed by atoms with E-state index in [9.17, 15) is 29.7 Å². The SMILES string of the molecule is CCCCCOC(=O)CC.C[C@]12CCC(=O)C=C1CC[C@@H]1[C@@H]2[C@@H](O)C[C@@]2(C)[C@H]1CC[C@]2(O)C(=O)CO. The summed E-state index contributed by atoms with van der Waals surface area (Å²) in [5.41, 5.74) is -1.23. The lowest BCUT2D eigenvalue weighted by molar-refractivity contribution is -0.182. The second kappa shape index (κ2) is 11.4. The quantitative estimate of drug-likeness (QED) is 0.354. The Bertz CT molecular complexity index is 866. The minimum atomic E-state index is -1.54. The predicted molar refractivity (Wildman–Crippen MR) is 136 cm³/mol. The van der Waals surface area contributed by atoms with Gasteiger partial charge < -0.3 is 20.1 Å². The van der Waals surface area contributed by atoms with Crippen molar-refractivity contribution in [2.24, 2.45) is 28.6 Å². The van der Waals surface area contributed by atoms with Crippen molar-refractivity contribution in [3.63, 3.8) is 0 Å². The first-order valence-electron chi connectivity index (χ1n) is 13.9. The van der Waals surface area contributed by atoms with Crippen LogP contribution in [0.15, 0.2) is 11.6 Å². The van der Waals surface area contributed by atoms with E-state index in [0.29, 0.717) is 32.3 Å². The Balaban J connectivity index is 0.000000308. The van der Waals surface area contributed by atoms with Crippen molar-refractivity contribution in [3.05, 3.63) is 11.6 Å². The molecular formula is C29H46O7. The summed E-state index contributed by atoms with van der Waals surface area (Å²) >= 11 is 0. The van der Waals surface area contributed by atoms with E-state index in [1.165, 1.54) is 12.0 Å². The zero-order valence-electron chi connectivity index (χ0n) is 22.6. The van der Waals surface area contributed by atoms with E-state index >= 15 is 0 Å². The molecule has 0 unspecified atom stereocenters. The maximum absolute atomic E-state index is 12.4. The highest BCUT2D eigenvalue weighted by Crippen LogP contribution is 2.67. The predicted octanol–water partition coefficient (Wildman–Crippen LogP) is 3.91. The van der Waals surface area contributed by atoms with Gasteiger partial charge in [-0.05, 0) is 74.2 Å². The van der Waals surface area contributed by atoms with Crippen molar-refractivity contribution in [1.82, 2.24) is 0 Å². The third-order valence-corrected chi connectivity index (χ3v) is 9.95. The summed E-state index contributed by atoms with van der Waals surface area (Å²) in [6.07, 6.45) is 9.55. The van der Waals surface area contributed by atoms with E-state index < -0.39 is 29.5 Å². The second-order valence-corrected chi connectivity index (χ2v) is 11.8. The summed E-state index contributed by atoms with van der Waals surface area (Å²) in [7, 11) is 0. The Morgan fingerprint density at radius 2 is 1.83 bits per heavy atom. The Morgan fingerprint density at radius 1 is 1.11 bits per heavy atom. The molecule has 0 aromatic heterocycles. The molecule has 4 aliphatic carbocycles. The van der Waals surface area contributed by atoms with E-state index in [-0.39, 0.29) is 34.9 Å². The van der Waals surface area contributed by atoms with Gasteiger partial charge in [-0.1, -0.05) is 46.1 Å². The van der Waals surface area contributed by atoms with Crippen LogP contribution in [-0.4, -0.2) is 57.8 Å². The zero-order chi connectivity index (χ0) is 26.7. The van der Waals surface area contributed by atoms with Gasteiger partial charge in [0.25, 0.3) is 0 Å². The van der Waals surface area contributed by atoms with Gasteiger partial charge in [-0.15, -0.1) is 0 Å². The van der Waals surface area contributed by atoms with Gasteiger partial charge in [-0.25, -0.2) is 0 Å². The molecular weight excluding hydrogens is 460 g/mol. The number of allylic oxidation sites excluding steroid dienone is 1. The number of unbranched alkanes of at least 4 members (excludes halogenated alkanes) is 2. The molecule has 36 heavy (non-hydrogen) atoms. The van der Waals surface area contributed by atoms with Crippen LogP contribution >= 0.6 is 0 Å². The van der Waals surface area contributed by atoms with Gasteiger partial charge in [-0.3, -0.25) is 14.4 Å². The Labute approximate surface area is 215 Å². The molecule has 0 heterocycles. The first kappa shape index (κ1) is 29.0. The van der Waals surface area contributed by atoms with Crippen LogP contribution < -0.4 is 0 Å². The third-order valence-electron chi connectivity index (χ3n) is 9.95. The largest absolute Gasteiger partial charge is 0.466 e. The van der Waals surface area contributed by atoms with Crippen LogP contribution in [0.2, 0.25) is 0 Å². The number of rotatable bonds is 7. The first-order valence-corrected chi connectivity index (χ1v) is 13.9. The van der Waals surface area contributed by atoms with Gasteiger partial charge in [0.2, 0.25) is 0 Å². The van der Waals surface area contributed by atoms with Gasteiger partial charge in [-0.2, -0.15) is 0 Å². The van der Waals surface area contributed by atoms with Gasteiger partial charge in [0.15, 0.2) is 11.6 Å². The maximum Gasteiger partial charge on any atom is 0.305 e. The average Bonchev–Trinajstić information content (AvgIpc) is 3.12. The average molecular weight is 507 g/mol. The number of hydrogen-bond donors (Lipinski definition) is 3. The van der Waals surface area contributed by atoms with E-state index in [1.54, 1.807) is 6.08 Å². The van der Waals surface area contributed by atoms with Crippen LogP contribution in [0.3, 0.4) is 0 Å². The molecule has 3 N–H and O–H groups in total. The first-order chi connectivity index (χ1) is 17.0. The zero-order valence-corrected chi connectivity index (χ0v) is 22.6. The van der Waals surface area contributed by atoms with E-state index in [4.69, 9.17) is 4.74 Å². The second-order valence-electron chi connectivity index (χ2n) is 11.8. The smallest absolute Gasteiger partial charge is 0.305 e. The molecule has 0 aliphatic heterocycles. The van der Waals surface area contributed by atoms with Crippen molar-refractivity contribution in [3.8, 4) is 0 Å². The fourth-order valence-electron chi connectivity index (χ4n) is 7.92. The summed E-state index contributed by atoms with van der Waals surface area (Å²) in [6.45, 7) is 7.99. The lowest BCUT2D eigenvalue weighted by atomic mass is 9.45. The number of aliphatic hydroxyl groups is 3.